The third kappa shape index (κ3) is 9.13. The van der Waals surface area contributed by atoms with Gasteiger partial charge in [-0.1, -0.05) is 12.1 Å². The number of ether oxygens (including phenoxy) is 1. The van der Waals surface area contributed by atoms with Gasteiger partial charge < -0.3 is 29.7 Å². The molecule has 326 valence electrons. The van der Waals surface area contributed by atoms with E-state index in [1.807, 2.05) is 40.7 Å². The van der Waals surface area contributed by atoms with Crippen molar-refractivity contribution in [1.82, 2.24) is 44.3 Å². The molecule has 0 radical (unpaired) electrons. The molecule has 3 aromatic heterocycles. The Balaban J connectivity index is 0.727. The summed E-state index contributed by atoms with van der Waals surface area (Å²) in [6.07, 6.45) is 9.46. The number of hydrogen-bond acceptors (Lipinski definition) is 12. The van der Waals surface area contributed by atoms with Crippen LogP contribution in [0.5, 0.6) is 5.75 Å². The van der Waals surface area contributed by atoms with Gasteiger partial charge >= 0.3 is 0 Å². The van der Waals surface area contributed by atoms with E-state index in [1.54, 1.807) is 35.6 Å². The monoisotopic (exact) mass is 854 g/mol. The number of hydrogen-bond donors (Lipinski definition) is 2. The summed E-state index contributed by atoms with van der Waals surface area (Å²) >= 11 is 0. The van der Waals surface area contributed by atoms with Crippen molar-refractivity contribution in [3.63, 3.8) is 0 Å². The van der Waals surface area contributed by atoms with Crippen molar-refractivity contribution < 1.29 is 23.5 Å². The molecule has 3 amide bonds. The van der Waals surface area contributed by atoms with E-state index in [2.05, 4.69) is 47.2 Å². The molecule has 5 aromatic rings. The maximum Gasteiger partial charge on any atom is 0.255 e. The van der Waals surface area contributed by atoms with Crippen LogP contribution in [0.3, 0.4) is 0 Å². The molecule has 0 aliphatic carbocycles. The first-order valence-corrected chi connectivity index (χ1v) is 21.7. The second-order valence-electron chi connectivity index (χ2n) is 17.0. The van der Waals surface area contributed by atoms with Crippen LogP contribution in [0.1, 0.15) is 71.5 Å². The number of anilines is 2. The van der Waals surface area contributed by atoms with Gasteiger partial charge in [-0.25, -0.2) is 14.4 Å². The Morgan fingerprint density at radius 2 is 1.78 bits per heavy atom. The van der Waals surface area contributed by atoms with Gasteiger partial charge in [0, 0.05) is 100 Å². The van der Waals surface area contributed by atoms with Crippen LogP contribution < -0.4 is 20.7 Å². The molecule has 17 heteroatoms. The maximum atomic E-state index is 13.9. The second kappa shape index (κ2) is 18.0. The predicted molar refractivity (Wildman–Crippen MR) is 232 cm³/mol. The molecule has 3 N–H and O–H groups in total. The van der Waals surface area contributed by atoms with Crippen molar-refractivity contribution in [2.24, 2.45) is 5.92 Å². The number of halogens is 1. The summed E-state index contributed by atoms with van der Waals surface area (Å²) in [7, 11) is 0. The molecule has 16 nitrogen and oxygen atoms in total. The van der Waals surface area contributed by atoms with Crippen molar-refractivity contribution in [3.05, 3.63) is 107 Å². The third-order valence-electron chi connectivity index (χ3n) is 12.9. The van der Waals surface area contributed by atoms with Crippen LogP contribution in [0, 0.1) is 23.1 Å². The quantitative estimate of drug-likeness (QED) is 0.161. The van der Waals surface area contributed by atoms with Gasteiger partial charge in [0.1, 0.15) is 24.0 Å². The molecular weight excluding hydrogens is 804 g/mol. The zero-order valence-corrected chi connectivity index (χ0v) is 35.3. The van der Waals surface area contributed by atoms with Crippen molar-refractivity contribution in [2.45, 2.75) is 64.4 Å². The third-order valence-corrected chi connectivity index (χ3v) is 12.9. The second-order valence-corrected chi connectivity index (χ2v) is 17.0. The molecule has 9 rings (SSSR count). The van der Waals surface area contributed by atoms with Crippen LogP contribution in [0.25, 0.3) is 11.3 Å². The van der Waals surface area contributed by atoms with Gasteiger partial charge in [0.25, 0.3) is 5.91 Å². The van der Waals surface area contributed by atoms with Crippen molar-refractivity contribution in [3.8, 4) is 23.1 Å². The predicted octanol–water partition coefficient (Wildman–Crippen LogP) is 4.22. The molecule has 7 heterocycles. The van der Waals surface area contributed by atoms with E-state index in [4.69, 9.17) is 10.5 Å². The molecule has 0 bridgehead atoms. The van der Waals surface area contributed by atoms with Crippen molar-refractivity contribution in [2.75, 3.05) is 63.0 Å². The van der Waals surface area contributed by atoms with Crippen molar-refractivity contribution >= 4 is 29.2 Å². The lowest BCUT2D eigenvalue weighted by atomic mass is 9.95. The standard InChI is InChI=1S/C46H51FN12O4/c1-30(33-3-2-4-36(47)19-33)63-41-21-34(24-50-44(41)49)43-39(22-48)51-29-57(43)26-32-23-52-58(27-32)18-17-54-13-15-55(16-14-54)25-31-9-11-56(12-10-31)37-5-6-38-35(20-37)28-59(46(38)62)40-7-8-42(60)53-45(40)61/h2-6,19-21,23-24,27,29-31,40H,7-18,25-26,28H2,1H3,(H2,49,50)(H,53,60,61)/t30-,40?/m1/s1. The molecule has 2 aromatic carbocycles. The van der Waals surface area contributed by atoms with E-state index in [0.717, 1.165) is 88.6 Å². The van der Waals surface area contributed by atoms with Crippen LogP contribution in [-0.2, 0) is 29.2 Å². The Bertz CT molecular complexity index is 2550. The van der Waals surface area contributed by atoms with Gasteiger partial charge in [-0.3, -0.25) is 29.3 Å². The molecule has 1 unspecified atom stereocenters. The smallest absolute Gasteiger partial charge is 0.255 e. The number of rotatable bonds is 13. The number of piperidine rings is 2. The SMILES string of the molecule is C[C@@H](Oc1cc(-c2c(C#N)ncn2Cc2cnn(CCN3CCN(CC4CCN(c5ccc6c(c5)CN(C5CCC(=O)NC5=O)C6=O)CC4)CC3)c2)cnc1N)c1cccc(F)c1. The highest BCUT2D eigenvalue weighted by Crippen LogP contribution is 2.34. The molecule has 3 fully saturated rings. The lowest BCUT2D eigenvalue weighted by Crippen LogP contribution is -2.52. The van der Waals surface area contributed by atoms with Crippen molar-refractivity contribution in [1.29, 1.82) is 5.26 Å². The van der Waals surface area contributed by atoms with Crippen LogP contribution in [0.2, 0.25) is 0 Å². The number of carbonyl (C=O) groups is 3. The summed E-state index contributed by atoms with van der Waals surface area (Å²) in [6.45, 7) is 11.4. The number of pyridine rings is 1. The van der Waals surface area contributed by atoms with Gasteiger partial charge in [-0.2, -0.15) is 10.4 Å². The molecule has 63 heavy (non-hydrogen) atoms. The Hall–Kier alpha value is -6.64. The number of nitriles is 1. The average molecular weight is 855 g/mol. The molecule has 3 saturated heterocycles. The average Bonchev–Trinajstić information content (AvgIpc) is 4.01. The summed E-state index contributed by atoms with van der Waals surface area (Å²) in [4.78, 5) is 55.1. The number of imidazole rings is 1. The lowest BCUT2D eigenvalue weighted by molar-refractivity contribution is -0.136. The highest BCUT2D eigenvalue weighted by molar-refractivity contribution is 6.05. The first-order valence-electron chi connectivity index (χ1n) is 21.7. The minimum atomic E-state index is -0.603. The van der Waals surface area contributed by atoms with E-state index in [-0.39, 0.29) is 41.5 Å². The first-order chi connectivity index (χ1) is 30.6. The summed E-state index contributed by atoms with van der Waals surface area (Å²) in [5.41, 5.74) is 12.0. The van der Waals surface area contributed by atoms with Gasteiger partial charge in [0.05, 0.1) is 31.3 Å². The Morgan fingerprint density at radius 3 is 2.56 bits per heavy atom. The summed E-state index contributed by atoms with van der Waals surface area (Å²) in [5.74, 6) is -0.0116. The van der Waals surface area contributed by atoms with Gasteiger partial charge in [-0.05, 0) is 79.6 Å². The van der Waals surface area contributed by atoms with Crippen LogP contribution in [0.4, 0.5) is 15.9 Å². The van der Waals surface area contributed by atoms with Gasteiger partial charge in [0.2, 0.25) is 11.8 Å². The van der Waals surface area contributed by atoms with Crippen LogP contribution in [-0.4, -0.2) is 115 Å². The van der Waals surface area contributed by atoms with E-state index in [0.29, 0.717) is 53.6 Å². The lowest BCUT2D eigenvalue weighted by Gasteiger charge is -2.39. The minimum absolute atomic E-state index is 0.138. The fourth-order valence-electron chi connectivity index (χ4n) is 9.33. The van der Waals surface area contributed by atoms with Gasteiger partial charge in [-0.15, -0.1) is 0 Å². The molecular formula is C46H51FN12O4. The Labute approximate surface area is 365 Å². The number of benzene rings is 2. The number of nitrogens with one attached hydrogen (secondary N) is 1. The molecule has 2 atom stereocenters. The Kier molecular flexibility index (Phi) is 11.9. The van der Waals surface area contributed by atoms with E-state index < -0.39 is 12.1 Å². The summed E-state index contributed by atoms with van der Waals surface area (Å²) < 4.78 is 23.8. The van der Waals surface area contributed by atoms with Crippen LogP contribution in [0.15, 0.2) is 73.4 Å². The number of nitrogens with two attached hydrogens (primary N) is 1. The fourth-order valence-corrected chi connectivity index (χ4v) is 9.33. The normalized spacial score (nSPS) is 19.3. The zero-order valence-electron chi connectivity index (χ0n) is 35.3. The number of amides is 3. The topological polar surface area (TPSA) is 184 Å². The number of nitrogens with zero attached hydrogens (tertiary/aromatic N) is 10. The molecule has 4 aliphatic heterocycles. The number of nitrogen functional groups attached to an aromatic ring is 1. The van der Waals surface area contributed by atoms with Crippen LogP contribution >= 0.6 is 0 Å². The first kappa shape index (κ1) is 41.7. The van der Waals surface area contributed by atoms with Gasteiger partial charge in [0.15, 0.2) is 17.3 Å². The maximum absolute atomic E-state index is 13.9. The summed E-state index contributed by atoms with van der Waals surface area (Å²) in [6, 6.07) is 15.6. The van der Waals surface area contributed by atoms with E-state index in [9.17, 15) is 24.0 Å². The molecule has 0 spiro atoms. The fraction of sp³-hybridized carbons (Fsp3) is 0.413. The Morgan fingerprint density at radius 1 is 0.968 bits per heavy atom. The molecule has 0 saturated carbocycles. The highest BCUT2D eigenvalue weighted by Gasteiger charge is 2.39. The number of imide groups is 1. The largest absolute Gasteiger partial charge is 0.482 e. The number of fused-ring (bicyclic) bond motifs is 1. The molecule has 4 aliphatic rings. The zero-order chi connectivity index (χ0) is 43.6. The number of carbonyl (C=O) groups excluding carboxylic acids is 3. The van der Waals surface area contributed by atoms with E-state index in [1.165, 1.54) is 12.1 Å². The summed E-state index contributed by atoms with van der Waals surface area (Å²) in [5, 5.41) is 17.0. The number of piperazine rings is 1. The minimum Gasteiger partial charge on any atom is -0.482 e. The number of aromatic nitrogens is 5. The van der Waals surface area contributed by atoms with E-state index >= 15 is 0 Å². The highest BCUT2D eigenvalue weighted by atomic mass is 19.1.